The fourth-order valence-corrected chi connectivity index (χ4v) is 3.56. The number of fused-ring (bicyclic) bond motifs is 1. The number of aromatic nitrogens is 3. The molecule has 1 aromatic rings. The Bertz CT molecular complexity index is 1010. The second kappa shape index (κ2) is 8.59. The molecule has 0 bridgehead atoms. The van der Waals surface area contributed by atoms with Crippen molar-refractivity contribution in [1.29, 1.82) is 0 Å². The number of pyridine rings is 1. The van der Waals surface area contributed by atoms with Gasteiger partial charge in [0.2, 0.25) is 0 Å². The van der Waals surface area contributed by atoms with Gasteiger partial charge in [-0.2, -0.15) is 9.78 Å². The van der Waals surface area contributed by atoms with Gasteiger partial charge in [-0.15, -0.1) is 0 Å². The van der Waals surface area contributed by atoms with Gasteiger partial charge in [0, 0.05) is 39.2 Å². The maximum Gasteiger partial charge on any atom is 0.282 e. The van der Waals surface area contributed by atoms with Crippen molar-refractivity contribution >= 4 is 5.91 Å². The van der Waals surface area contributed by atoms with E-state index in [1.807, 2.05) is 34.9 Å². The summed E-state index contributed by atoms with van der Waals surface area (Å²) in [6.07, 6.45) is 5.58. The number of para-hydroxylation sites is 1. The van der Waals surface area contributed by atoms with Gasteiger partial charge < -0.3 is 19.4 Å². The lowest BCUT2D eigenvalue weighted by molar-refractivity contribution is 0.0925. The number of rotatable bonds is 7. The van der Waals surface area contributed by atoms with Crippen LogP contribution in [-0.4, -0.2) is 53.2 Å². The summed E-state index contributed by atoms with van der Waals surface area (Å²) in [5.41, 5.74) is 1.57. The maximum atomic E-state index is 13.1. The molecule has 1 aromatic carbocycles. The molecule has 0 aromatic heterocycles. The molecule has 8 nitrogen and oxygen atoms in total. The molecule has 152 valence electrons. The zero-order chi connectivity index (χ0) is 20.2. The van der Waals surface area contributed by atoms with Crippen LogP contribution in [0.15, 0.2) is 47.5 Å². The molecule has 8 heteroatoms. The Kier molecular flexibility index (Phi) is 5.73. The topological polar surface area (TPSA) is 87.4 Å². The number of amides is 1. The van der Waals surface area contributed by atoms with Gasteiger partial charge in [0.25, 0.3) is 11.5 Å². The lowest BCUT2D eigenvalue weighted by atomic mass is 10.1. The third-order valence-corrected chi connectivity index (χ3v) is 5.00. The first-order chi connectivity index (χ1) is 14.2. The van der Waals surface area contributed by atoms with Crippen LogP contribution in [0, 0.1) is 0 Å². The molecule has 1 unspecified atom stereocenters. The van der Waals surface area contributed by atoms with Crippen molar-refractivity contribution in [2.75, 3.05) is 26.9 Å². The largest absolute Gasteiger partial charge is 0.383 e. The van der Waals surface area contributed by atoms with Crippen molar-refractivity contribution in [2.24, 2.45) is 0 Å². The summed E-state index contributed by atoms with van der Waals surface area (Å²) in [5, 5.41) is 7.29. The minimum absolute atomic E-state index is 0.0844. The first kappa shape index (κ1) is 19.4. The van der Waals surface area contributed by atoms with E-state index in [0.717, 1.165) is 19.4 Å². The van der Waals surface area contributed by atoms with E-state index in [0.29, 0.717) is 42.2 Å². The average Bonchev–Trinajstić information content (AvgIpc) is 3.36. The summed E-state index contributed by atoms with van der Waals surface area (Å²) in [6.45, 7) is 2.12. The molecule has 0 radical (unpaired) electrons. The Morgan fingerprint density at radius 2 is 2.14 bits per heavy atom. The highest BCUT2D eigenvalue weighted by atomic mass is 16.5. The molecule has 0 spiro atoms. The van der Waals surface area contributed by atoms with E-state index in [1.54, 1.807) is 19.5 Å². The van der Waals surface area contributed by atoms with E-state index in [1.165, 1.54) is 4.68 Å². The molecular formula is C21H24N4O4. The fourth-order valence-electron chi connectivity index (χ4n) is 3.56. The third-order valence-electron chi connectivity index (χ3n) is 5.00. The average molecular weight is 396 g/mol. The Morgan fingerprint density at radius 3 is 2.86 bits per heavy atom. The molecule has 1 atom stereocenters. The quantitative estimate of drug-likeness (QED) is 0.614. The highest BCUT2D eigenvalue weighted by molar-refractivity contribution is 5.99. The molecule has 1 amide bonds. The van der Waals surface area contributed by atoms with Crippen LogP contribution in [0.1, 0.15) is 23.2 Å². The standard InChI is InChI=1S/C21H24N4O4/c1-28-11-9-22-20(26)17-13-24(12-16-8-5-10-29-16)14-18-19(17)23-25(21(18)27)15-6-3-2-4-7-15/h2-4,6-7,13-14,16H,5,8-12H2,1H3,(H,22,26). The van der Waals surface area contributed by atoms with E-state index >= 15 is 0 Å². The second-order valence-electron chi connectivity index (χ2n) is 7.07. The summed E-state index contributed by atoms with van der Waals surface area (Å²) in [7, 11) is 1.58. The van der Waals surface area contributed by atoms with Gasteiger partial charge in [0.1, 0.15) is 5.69 Å². The first-order valence-electron chi connectivity index (χ1n) is 9.74. The molecule has 3 aliphatic heterocycles. The molecule has 4 rings (SSSR count). The fraction of sp³-hybridized carbons (Fsp3) is 0.381. The zero-order valence-electron chi connectivity index (χ0n) is 16.3. The summed E-state index contributed by atoms with van der Waals surface area (Å²) in [4.78, 5) is 25.9. The lowest BCUT2D eigenvalue weighted by Gasteiger charge is -2.16. The van der Waals surface area contributed by atoms with Crippen molar-refractivity contribution in [3.05, 3.63) is 58.6 Å². The van der Waals surface area contributed by atoms with Gasteiger partial charge in [0.05, 0.1) is 29.5 Å². The Hall–Kier alpha value is -2.97. The van der Waals surface area contributed by atoms with Gasteiger partial charge in [0.15, 0.2) is 0 Å². The minimum atomic E-state index is -0.286. The van der Waals surface area contributed by atoms with Crippen molar-refractivity contribution in [1.82, 2.24) is 19.7 Å². The number of nitrogens with zero attached hydrogens (tertiary/aromatic N) is 3. The number of methoxy groups -OCH3 is 1. The monoisotopic (exact) mass is 396 g/mol. The molecular weight excluding hydrogens is 372 g/mol. The first-order valence-corrected chi connectivity index (χ1v) is 9.74. The van der Waals surface area contributed by atoms with Crippen molar-refractivity contribution in [3.63, 3.8) is 0 Å². The van der Waals surface area contributed by atoms with Crippen LogP contribution in [0.5, 0.6) is 0 Å². The SMILES string of the molecule is COCCNC(=O)c1cn(CC2CCCO2)cc2c(=O)n(-c3ccccc3)nc1-2. The molecule has 1 saturated heterocycles. The van der Waals surface area contributed by atoms with Crippen LogP contribution in [0.4, 0.5) is 0 Å². The summed E-state index contributed by atoms with van der Waals surface area (Å²) in [6, 6.07) is 9.19. The molecule has 3 aliphatic rings. The Balaban J connectivity index is 1.77. The maximum absolute atomic E-state index is 13.1. The summed E-state index contributed by atoms with van der Waals surface area (Å²) in [5.74, 6) is -0.286. The van der Waals surface area contributed by atoms with Crippen LogP contribution in [0.3, 0.4) is 0 Å². The predicted octanol–water partition coefficient (Wildman–Crippen LogP) is 1.69. The number of ether oxygens (including phenoxy) is 2. The Morgan fingerprint density at radius 1 is 1.31 bits per heavy atom. The number of hydrogen-bond donors (Lipinski definition) is 1. The van der Waals surface area contributed by atoms with Crippen molar-refractivity contribution < 1.29 is 14.3 Å². The number of nitrogens with one attached hydrogen (secondary N) is 1. The van der Waals surface area contributed by atoms with E-state index in [2.05, 4.69) is 10.4 Å². The smallest absolute Gasteiger partial charge is 0.282 e. The minimum Gasteiger partial charge on any atom is -0.383 e. The summed E-state index contributed by atoms with van der Waals surface area (Å²) < 4.78 is 13.9. The van der Waals surface area contributed by atoms with E-state index < -0.39 is 0 Å². The molecule has 1 N–H and O–H groups in total. The van der Waals surface area contributed by atoms with Gasteiger partial charge in [-0.25, -0.2) is 0 Å². The van der Waals surface area contributed by atoms with Gasteiger partial charge >= 0.3 is 0 Å². The lowest BCUT2D eigenvalue weighted by Crippen LogP contribution is -2.28. The van der Waals surface area contributed by atoms with Crippen molar-refractivity contribution in [3.8, 4) is 16.9 Å². The zero-order valence-corrected chi connectivity index (χ0v) is 16.3. The van der Waals surface area contributed by atoms with Gasteiger partial charge in [-0.3, -0.25) is 9.59 Å². The van der Waals surface area contributed by atoms with Gasteiger partial charge in [-0.1, -0.05) is 18.2 Å². The molecule has 29 heavy (non-hydrogen) atoms. The number of benzene rings is 1. The second-order valence-corrected chi connectivity index (χ2v) is 7.07. The molecule has 1 fully saturated rings. The van der Waals surface area contributed by atoms with E-state index in [-0.39, 0.29) is 17.6 Å². The number of hydrogen-bond acceptors (Lipinski definition) is 5. The summed E-state index contributed by atoms with van der Waals surface area (Å²) >= 11 is 0. The van der Waals surface area contributed by atoms with Crippen LogP contribution >= 0.6 is 0 Å². The van der Waals surface area contributed by atoms with Gasteiger partial charge in [-0.05, 0) is 25.0 Å². The highest BCUT2D eigenvalue weighted by Gasteiger charge is 2.25. The number of carbonyl (C=O) groups is 1. The van der Waals surface area contributed by atoms with Crippen LogP contribution in [0.2, 0.25) is 0 Å². The van der Waals surface area contributed by atoms with E-state index in [4.69, 9.17) is 9.47 Å². The van der Waals surface area contributed by atoms with E-state index in [9.17, 15) is 9.59 Å². The molecule has 3 heterocycles. The Labute approximate surface area is 168 Å². The normalized spacial score (nSPS) is 16.4. The molecule has 0 saturated carbocycles. The third kappa shape index (κ3) is 4.08. The van der Waals surface area contributed by atoms with Crippen LogP contribution in [0.25, 0.3) is 16.9 Å². The van der Waals surface area contributed by atoms with Crippen molar-refractivity contribution in [2.45, 2.75) is 25.5 Å². The molecule has 0 aliphatic carbocycles. The number of carbonyl (C=O) groups excluding carboxylic acids is 1. The van der Waals surface area contributed by atoms with Crippen LogP contribution in [-0.2, 0) is 16.0 Å². The van der Waals surface area contributed by atoms with Crippen LogP contribution < -0.4 is 10.9 Å². The predicted molar refractivity (Wildman–Crippen MR) is 108 cm³/mol. The highest BCUT2D eigenvalue weighted by Crippen LogP contribution is 2.23.